The first-order valence-electron chi connectivity index (χ1n) is 13.3. The van der Waals surface area contributed by atoms with Gasteiger partial charge in [-0.15, -0.1) is 0 Å². The summed E-state index contributed by atoms with van der Waals surface area (Å²) in [6, 6.07) is 13.9. The van der Waals surface area contributed by atoms with Crippen LogP contribution in [0, 0.1) is 11.3 Å². The minimum Gasteiger partial charge on any atom is -0.382 e. The van der Waals surface area contributed by atoms with Crippen molar-refractivity contribution in [2.45, 2.75) is 51.0 Å². The number of rotatable bonds is 6. The van der Waals surface area contributed by atoms with Gasteiger partial charge in [0.25, 0.3) is 5.56 Å². The molecule has 1 unspecified atom stereocenters. The zero-order valence-electron chi connectivity index (χ0n) is 22.3. The number of nitrogens with two attached hydrogens (primary N) is 1. The number of nitriles is 1. The molecule has 11 nitrogen and oxygen atoms in total. The Morgan fingerprint density at radius 1 is 1.22 bits per heavy atom. The van der Waals surface area contributed by atoms with Crippen molar-refractivity contribution in [1.82, 2.24) is 24.8 Å². The molecule has 208 valence electrons. The molecule has 4 aromatic rings. The van der Waals surface area contributed by atoms with Gasteiger partial charge in [-0.2, -0.15) is 5.26 Å². The van der Waals surface area contributed by atoms with Crippen molar-refractivity contribution in [3.8, 4) is 11.8 Å². The summed E-state index contributed by atoms with van der Waals surface area (Å²) in [5.74, 6) is -0.00725. The van der Waals surface area contributed by atoms with E-state index < -0.39 is 5.92 Å². The molecule has 41 heavy (non-hydrogen) atoms. The van der Waals surface area contributed by atoms with Gasteiger partial charge in [0.05, 0.1) is 27.5 Å². The Hall–Kier alpha value is -4.82. The fraction of sp³-hybridized carbons (Fsp3) is 0.276. The Balaban J connectivity index is 1.54. The molecule has 0 saturated heterocycles. The summed E-state index contributed by atoms with van der Waals surface area (Å²) in [6.45, 7) is 1.81. The number of carbonyl (C=O) groups excluding carboxylic acids is 1. The van der Waals surface area contributed by atoms with E-state index in [1.54, 1.807) is 42.5 Å². The van der Waals surface area contributed by atoms with Gasteiger partial charge in [-0.3, -0.25) is 9.36 Å². The van der Waals surface area contributed by atoms with Crippen molar-refractivity contribution < 1.29 is 4.79 Å². The highest BCUT2D eigenvalue weighted by molar-refractivity contribution is 6.35. The van der Waals surface area contributed by atoms with Crippen molar-refractivity contribution >= 4 is 52.1 Å². The van der Waals surface area contributed by atoms with Crippen LogP contribution in [-0.2, 0) is 0 Å². The zero-order chi connectivity index (χ0) is 28.9. The second kappa shape index (κ2) is 12.1. The number of fused-ring (bicyclic) bond motifs is 1. The van der Waals surface area contributed by atoms with E-state index in [0.717, 1.165) is 25.7 Å². The largest absolute Gasteiger partial charge is 0.382 e. The predicted molar refractivity (Wildman–Crippen MR) is 159 cm³/mol. The van der Waals surface area contributed by atoms with E-state index >= 15 is 0 Å². The maximum absolute atomic E-state index is 13.9. The second-order valence-electron chi connectivity index (χ2n) is 9.86. The van der Waals surface area contributed by atoms with Crippen LogP contribution in [0.3, 0.4) is 0 Å². The topological polar surface area (TPSA) is 164 Å². The van der Waals surface area contributed by atoms with E-state index in [-0.39, 0.29) is 45.2 Å². The number of nitrogen functional groups attached to an aromatic ring is 1. The Labute approximate surface area is 241 Å². The first kappa shape index (κ1) is 27.7. The number of hydrogen-bond donors (Lipinski definition) is 3. The molecule has 2 aromatic heterocycles. The fourth-order valence-corrected chi connectivity index (χ4v) is 5.18. The van der Waals surface area contributed by atoms with Gasteiger partial charge in [0.2, 0.25) is 0 Å². The molecule has 0 aliphatic heterocycles. The van der Waals surface area contributed by atoms with Crippen molar-refractivity contribution in [1.29, 1.82) is 5.26 Å². The van der Waals surface area contributed by atoms with Gasteiger partial charge in [0.15, 0.2) is 5.82 Å². The highest BCUT2D eigenvalue weighted by atomic mass is 35.5. The molecule has 2 aromatic carbocycles. The summed E-state index contributed by atoms with van der Waals surface area (Å²) in [4.78, 5) is 43.6. The van der Waals surface area contributed by atoms with Gasteiger partial charge in [0, 0.05) is 17.9 Å². The monoisotopic (exact) mass is 569 g/mol. The third kappa shape index (κ3) is 6.02. The van der Waals surface area contributed by atoms with Crippen LogP contribution in [-0.4, -0.2) is 37.8 Å². The quantitative estimate of drug-likeness (QED) is 0.267. The first-order chi connectivity index (χ1) is 19.9. The third-order valence-corrected chi connectivity index (χ3v) is 7.29. The summed E-state index contributed by atoms with van der Waals surface area (Å²) in [5.41, 5.74) is 6.91. The summed E-state index contributed by atoms with van der Waals surface area (Å²) >= 11 is 6.43. The summed E-state index contributed by atoms with van der Waals surface area (Å²) in [6.07, 6.45) is 8.10. The van der Waals surface area contributed by atoms with E-state index in [1.807, 2.05) is 13.0 Å². The molecule has 0 bridgehead atoms. The van der Waals surface area contributed by atoms with Crippen LogP contribution < -0.4 is 21.9 Å². The minimum atomic E-state index is -0.514. The molecular weight excluding hydrogens is 542 g/mol. The summed E-state index contributed by atoms with van der Waals surface area (Å²) in [5, 5.41) is 15.9. The number of halogens is 1. The highest BCUT2D eigenvalue weighted by Crippen LogP contribution is 2.26. The van der Waals surface area contributed by atoms with Crippen LogP contribution in [0.15, 0.2) is 58.6 Å². The number of nitrogens with zero attached hydrogens (tertiary/aromatic N) is 6. The van der Waals surface area contributed by atoms with Gasteiger partial charge < -0.3 is 16.4 Å². The van der Waals surface area contributed by atoms with Crippen molar-refractivity contribution in [3.63, 3.8) is 0 Å². The van der Waals surface area contributed by atoms with Crippen LogP contribution in [0.1, 0.15) is 56.3 Å². The number of hydrogen-bond acceptors (Lipinski definition) is 8. The van der Waals surface area contributed by atoms with Gasteiger partial charge in [-0.25, -0.2) is 24.7 Å². The molecule has 4 N–H and O–H groups in total. The van der Waals surface area contributed by atoms with Gasteiger partial charge in [0.1, 0.15) is 29.6 Å². The van der Waals surface area contributed by atoms with Crippen LogP contribution in [0.4, 0.5) is 22.1 Å². The van der Waals surface area contributed by atoms with Crippen LogP contribution >= 0.6 is 11.6 Å². The Morgan fingerprint density at radius 2 is 2.00 bits per heavy atom. The van der Waals surface area contributed by atoms with E-state index in [4.69, 9.17) is 22.3 Å². The number of carbonyl (C=O) groups is 1. The van der Waals surface area contributed by atoms with Crippen LogP contribution in [0.25, 0.3) is 16.6 Å². The molecule has 1 aliphatic carbocycles. The van der Waals surface area contributed by atoms with Crippen molar-refractivity contribution in [2.75, 3.05) is 11.1 Å². The van der Waals surface area contributed by atoms with E-state index in [9.17, 15) is 14.9 Å². The SMILES string of the molecule is CC(C=Nc1ncnc(N)c1C#N)c1nc2cccc(Cl)c2c(=O)n1-c1cccc(NC(=O)NC2CCCCC2)c1. The average molecular weight is 570 g/mol. The lowest BCUT2D eigenvalue weighted by atomic mass is 9.96. The lowest BCUT2D eigenvalue weighted by Crippen LogP contribution is -2.39. The highest BCUT2D eigenvalue weighted by Gasteiger charge is 2.20. The number of benzene rings is 2. The van der Waals surface area contributed by atoms with Gasteiger partial charge >= 0.3 is 6.03 Å². The average Bonchev–Trinajstić information content (AvgIpc) is 2.96. The predicted octanol–water partition coefficient (Wildman–Crippen LogP) is 5.24. The molecule has 0 radical (unpaired) electrons. The molecule has 1 saturated carbocycles. The molecule has 1 fully saturated rings. The first-order valence-corrected chi connectivity index (χ1v) is 13.7. The normalized spacial score (nSPS) is 14.6. The number of aliphatic imine (C=N–C) groups is 1. The maximum Gasteiger partial charge on any atom is 0.319 e. The van der Waals surface area contributed by atoms with Crippen molar-refractivity contribution in [2.24, 2.45) is 4.99 Å². The maximum atomic E-state index is 13.9. The fourth-order valence-electron chi connectivity index (χ4n) is 4.93. The second-order valence-corrected chi connectivity index (χ2v) is 10.3. The molecule has 1 aliphatic rings. The zero-order valence-corrected chi connectivity index (χ0v) is 23.1. The molecule has 2 amide bonds. The summed E-state index contributed by atoms with van der Waals surface area (Å²) < 4.78 is 1.45. The third-order valence-electron chi connectivity index (χ3n) is 6.97. The number of urea groups is 1. The lowest BCUT2D eigenvalue weighted by molar-refractivity contribution is 0.244. The van der Waals surface area contributed by atoms with Crippen LogP contribution in [0.5, 0.6) is 0 Å². The number of anilines is 2. The number of aromatic nitrogens is 4. The lowest BCUT2D eigenvalue weighted by Gasteiger charge is -2.23. The number of nitrogens with one attached hydrogen (secondary N) is 2. The van der Waals surface area contributed by atoms with E-state index in [0.29, 0.717) is 22.7 Å². The molecule has 12 heteroatoms. The van der Waals surface area contributed by atoms with E-state index in [2.05, 4.69) is 25.6 Å². The number of amides is 2. The molecule has 1 atom stereocenters. The van der Waals surface area contributed by atoms with Crippen LogP contribution in [0.2, 0.25) is 5.02 Å². The Bertz CT molecular complexity index is 1740. The van der Waals surface area contributed by atoms with E-state index in [1.165, 1.54) is 23.5 Å². The summed E-state index contributed by atoms with van der Waals surface area (Å²) in [7, 11) is 0. The Morgan fingerprint density at radius 3 is 2.78 bits per heavy atom. The molecule has 2 heterocycles. The Kier molecular flexibility index (Phi) is 8.21. The minimum absolute atomic E-state index is 0.0227. The van der Waals surface area contributed by atoms with Gasteiger partial charge in [-0.05, 0) is 43.2 Å². The molecular formula is C29H28ClN9O2. The smallest absolute Gasteiger partial charge is 0.319 e. The van der Waals surface area contributed by atoms with Crippen molar-refractivity contribution in [3.05, 3.63) is 75.6 Å². The molecule has 5 rings (SSSR count). The van der Waals surface area contributed by atoms with Gasteiger partial charge in [-0.1, -0.05) is 49.9 Å². The molecule has 0 spiro atoms. The standard InChI is InChI=1S/C29H28ClN9O2/c1-17(15-33-26-21(14-31)25(32)34-16-35-26)27-38-23-12-6-11-22(30)24(23)28(40)39(27)20-10-5-9-19(13-20)37-29(41)36-18-7-3-2-4-8-18/h5-6,9-13,15-18H,2-4,7-8H2,1H3,(H2,32,34,35)(H2,36,37,41).